The lowest BCUT2D eigenvalue weighted by Gasteiger charge is -2.15. The molecule has 14 heteroatoms. The minimum absolute atomic E-state index is 0.0431. The van der Waals surface area contributed by atoms with Crippen LogP contribution in [0.4, 0.5) is 22.0 Å². The molecule has 0 aliphatic carbocycles. The van der Waals surface area contributed by atoms with Crippen molar-refractivity contribution >= 4 is 11.2 Å². The Balaban J connectivity index is 1.80. The van der Waals surface area contributed by atoms with Gasteiger partial charge in [-0.05, 0) is 23.8 Å². The maximum atomic E-state index is 13.2. The molecular weight excluding hydrogens is 519 g/mol. The standard InChI is InChI=1S/C24H21F5N4O5/c1-32-18-21(33(23(36)31-22(18)35)10-15(11-34)19(25)26)30-20(32)14-7-8-16(17(9-14)38-24(27,28)29)37-12-13-5-3-2-4-6-13/h2-9,15,19,34H,10-12H2,1H3,(H,31,35,36). The van der Waals surface area contributed by atoms with Gasteiger partial charge in [-0.25, -0.2) is 18.6 Å². The number of nitrogens with one attached hydrogen (secondary N) is 1. The Kier molecular flexibility index (Phi) is 7.53. The summed E-state index contributed by atoms with van der Waals surface area (Å²) in [4.78, 5) is 31.1. The van der Waals surface area contributed by atoms with Crippen LogP contribution in [0.2, 0.25) is 0 Å². The molecule has 0 aliphatic heterocycles. The van der Waals surface area contributed by atoms with E-state index in [0.717, 1.165) is 10.6 Å². The smallest absolute Gasteiger partial charge is 0.485 e. The highest BCUT2D eigenvalue weighted by atomic mass is 19.4. The number of halogens is 5. The Morgan fingerprint density at radius 1 is 1.08 bits per heavy atom. The lowest BCUT2D eigenvalue weighted by atomic mass is 10.1. The number of aromatic amines is 1. The molecule has 0 fully saturated rings. The molecule has 0 spiro atoms. The van der Waals surface area contributed by atoms with Crippen LogP contribution >= 0.6 is 0 Å². The van der Waals surface area contributed by atoms with E-state index in [4.69, 9.17) is 4.74 Å². The Labute approximate surface area is 210 Å². The number of rotatable bonds is 9. The number of aryl methyl sites for hydroxylation is 1. The van der Waals surface area contributed by atoms with Gasteiger partial charge in [0.1, 0.15) is 12.4 Å². The van der Waals surface area contributed by atoms with Gasteiger partial charge in [-0.2, -0.15) is 0 Å². The summed E-state index contributed by atoms with van der Waals surface area (Å²) in [5, 5.41) is 9.27. The number of benzene rings is 2. The minimum atomic E-state index is -5.05. The summed E-state index contributed by atoms with van der Waals surface area (Å²) in [6.45, 7) is -1.64. The van der Waals surface area contributed by atoms with E-state index in [2.05, 4.69) is 9.72 Å². The van der Waals surface area contributed by atoms with E-state index in [0.29, 0.717) is 5.56 Å². The van der Waals surface area contributed by atoms with E-state index in [-0.39, 0.29) is 34.9 Å². The molecule has 9 nitrogen and oxygen atoms in total. The third-order valence-electron chi connectivity index (χ3n) is 5.69. The van der Waals surface area contributed by atoms with Crippen LogP contribution in [-0.4, -0.2) is 43.6 Å². The second-order valence-electron chi connectivity index (χ2n) is 8.30. The normalized spacial score (nSPS) is 12.7. The van der Waals surface area contributed by atoms with Gasteiger partial charge in [0.15, 0.2) is 22.7 Å². The number of aromatic nitrogens is 4. The number of hydrogen-bond donors (Lipinski definition) is 2. The molecule has 0 saturated carbocycles. The van der Waals surface area contributed by atoms with E-state index >= 15 is 0 Å². The average molecular weight is 540 g/mol. The van der Waals surface area contributed by atoms with Crippen LogP contribution in [0.1, 0.15) is 5.56 Å². The van der Waals surface area contributed by atoms with Crippen molar-refractivity contribution in [2.24, 2.45) is 13.0 Å². The highest BCUT2D eigenvalue weighted by Crippen LogP contribution is 2.36. The number of imidazole rings is 1. The van der Waals surface area contributed by atoms with Gasteiger partial charge >= 0.3 is 12.1 Å². The van der Waals surface area contributed by atoms with Crippen molar-refractivity contribution in [3.05, 3.63) is 74.9 Å². The van der Waals surface area contributed by atoms with E-state index in [1.165, 1.54) is 23.7 Å². The van der Waals surface area contributed by atoms with Crippen LogP contribution in [0.3, 0.4) is 0 Å². The van der Waals surface area contributed by atoms with Crippen LogP contribution < -0.4 is 20.7 Å². The number of fused-ring (bicyclic) bond motifs is 1. The molecule has 0 aliphatic rings. The zero-order valence-electron chi connectivity index (χ0n) is 19.7. The van der Waals surface area contributed by atoms with Gasteiger partial charge in [0.05, 0.1) is 12.5 Å². The molecule has 38 heavy (non-hydrogen) atoms. The van der Waals surface area contributed by atoms with Gasteiger partial charge in [-0.3, -0.25) is 14.3 Å². The Hall–Kier alpha value is -4.20. The number of ether oxygens (including phenoxy) is 2. The van der Waals surface area contributed by atoms with Crippen molar-refractivity contribution in [2.45, 2.75) is 25.9 Å². The Bertz CT molecular complexity index is 1550. The van der Waals surface area contributed by atoms with Crippen molar-refractivity contribution in [3.8, 4) is 22.9 Å². The second-order valence-corrected chi connectivity index (χ2v) is 8.30. The largest absolute Gasteiger partial charge is 0.573 e. The quantitative estimate of drug-likeness (QED) is 0.315. The molecule has 0 saturated heterocycles. The maximum absolute atomic E-state index is 13.2. The molecular formula is C24H21F5N4O5. The summed E-state index contributed by atoms with van der Waals surface area (Å²) in [6.07, 6.45) is -8.02. The lowest BCUT2D eigenvalue weighted by molar-refractivity contribution is -0.275. The van der Waals surface area contributed by atoms with Gasteiger partial charge in [0, 0.05) is 19.2 Å². The molecule has 1 atom stereocenters. The van der Waals surface area contributed by atoms with Crippen molar-refractivity contribution < 1.29 is 36.5 Å². The maximum Gasteiger partial charge on any atom is 0.573 e. The van der Waals surface area contributed by atoms with E-state index in [1.54, 1.807) is 30.3 Å². The number of aliphatic hydroxyl groups excluding tert-OH is 1. The molecule has 0 amide bonds. The topological polar surface area (TPSA) is 111 Å². The number of aliphatic hydroxyl groups is 1. The molecule has 4 rings (SSSR count). The lowest BCUT2D eigenvalue weighted by Crippen LogP contribution is -2.35. The molecule has 2 heterocycles. The van der Waals surface area contributed by atoms with E-state index in [9.17, 15) is 36.6 Å². The minimum Gasteiger partial charge on any atom is -0.485 e. The molecule has 0 bridgehead atoms. The number of H-pyrrole nitrogens is 1. The Morgan fingerprint density at radius 3 is 2.42 bits per heavy atom. The molecule has 2 aromatic carbocycles. The van der Waals surface area contributed by atoms with Crippen molar-refractivity contribution in [1.29, 1.82) is 0 Å². The summed E-state index contributed by atoms with van der Waals surface area (Å²) in [7, 11) is 1.37. The van der Waals surface area contributed by atoms with Gasteiger partial charge in [0.25, 0.3) is 5.56 Å². The molecule has 2 N–H and O–H groups in total. The van der Waals surface area contributed by atoms with E-state index < -0.39 is 48.9 Å². The third-order valence-corrected chi connectivity index (χ3v) is 5.69. The SMILES string of the molecule is Cn1c(-c2ccc(OCc3ccccc3)c(OC(F)(F)F)c2)nc2c1c(=O)[nH]c(=O)n2CC(CO)C(F)F. The molecule has 1 unspecified atom stereocenters. The van der Waals surface area contributed by atoms with Gasteiger partial charge in [-0.15, -0.1) is 13.2 Å². The van der Waals surface area contributed by atoms with Gasteiger partial charge < -0.3 is 19.1 Å². The highest BCUT2D eigenvalue weighted by Gasteiger charge is 2.33. The summed E-state index contributed by atoms with van der Waals surface area (Å²) in [5.41, 5.74) is -1.62. The molecule has 4 aromatic rings. The first-order chi connectivity index (χ1) is 18.0. The predicted octanol–water partition coefficient (Wildman–Crippen LogP) is 3.44. The van der Waals surface area contributed by atoms with Crippen LogP contribution in [0.15, 0.2) is 58.1 Å². The first kappa shape index (κ1) is 26.9. The fourth-order valence-corrected chi connectivity index (χ4v) is 3.83. The zero-order chi connectivity index (χ0) is 27.6. The summed E-state index contributed by atoms with van der Waals surface area (Å²) >= 11 is 0. The average Bonchev–Trinajstić information content (AvgIpc) is 3.20. The zero-order valence-corrected chi connectivity index (χ0v) is 19.7. The summed E-state index contributed by atoms with van der Waals surface area (Å²) < 4.78 is 77.7. The molecule has 0 radical (unpaired) electrons. The van der Waals surface area contributed by atoms with Crippen molar-refractivity contribution in [1.82, 2.24) is 19.1 Å². The fraction of sp³-hybridized carbons (Fsp3) is 0.292. The van der Waals surface area contributed by atoms with Crippen LogP contribution in [0.5, 0.6) is 11.5 Å². The van der Waals surface area contributed by atoms with Crippen LogP contribution in [0, 0.1) is 5.92 Å². The summed E-state index contributed by atoms with van der Waals surface area (Å²) in [5.74, 6) is -2.57. The second kappa shape index (κ2) is 10.7. The highest BCUT2D eigenvalue weighted by molar-refractivity contribution is 5.77. The van der Waals surface area contributed by atoms with Gasteiger partial charge in [-0.1, -0.05) is 30.3 Å². The predicted molar refractivity (Wildman–Crippen MR) is 125 cm³/mol. The first-order valence-corrected chi connectivity index (χ1v) is 11.1. The first-order valence-electron chi connectivity index (χ1n) is 11.1. The molecule has 2 aromatic heterocycles. The van der Waals surface area contributed by atoms with Crippen molar-refractivity contribution in [3.63, 3.8) is 0 Å². The summed E-state index contributed by atoms with van der Waals surface area (Å²) in [6, 6.07) is 12.3. The van der Waals surface area contributed by atoms with Crippen LogP contribution in [-0.2, 0) is 20.2 Å². The third kappa shape index (κ3) is 5.69. The van der Waals surface area contributed by atoms with Crippen molar-refractivity contribution in [2.75, 3.05) is 6.61 Å². The number of alkyl halides is 5. The van der Waals surface area contributed by atoms with E-state index in [1.807, 2.05) is 4.98 Å². The van der Waals surface area contributed by atoms with Gasteiger partial charge in [0.2, 0.25) is 6.43 Å². The number of nitrogens with zero attached hydrogens (tertiary/aromatic N) is 3. The number of hydrogen-bond acceptors (Lipinski definition) is 6. The Morgan fingerprint density at radius 2 is 1.79 bits per heavy atom. The monoisotopic (exact) mass is 540 g/mol. The van der Waals surface area contributed by atoms with Crippen LogP contribution in [0.25, 0.3) is 22.6 Å². The fourth-order valence-electron chi connectivity index (χ4n) is 3.83. The molecule has 202 valence electrons.